The molecule has 2 aromatic heterocycles. The zero-order chi connectivity index (χ0) is 27.4. The summed E-state index contributed by atoms with van der Waals surface area (Å²) in [6, 6.07) is 10.0. The first-order valence-corrected chi connectivity index (χ1v) is 12.7. The molecule has 0 aliphatic carbocycles. The molecule has 5 rings (SSSR count). The van der Waals surface area contributed by atoms with Crippen LogP contribution in [0.1, 0.15) is 65.2 Å². The standard InChI is InChI=1S/C29H32FN5O3/c1-7-31-28(36)19-12-23-27-33-32-18(4)34(27)15-24(35(23)14-19)22-13-20(29(5,6)37)8-9-25(22)38-26-16(2)10-21(30)11-17(26)3/h8-14,24,37H,7,15H2,1-6H3,(H,31,36). The van der Waals surface area contributed by atoms with Crippen molar-refractivity contribution >= 4 is 5.91 Å². The van der Waals surface area contributed by atoms with E-state index in [2.05, 4.69) is 15.5 Å². The Hall–Kier alpha value is -3.98. The van der Waals surface area contributed by atoms with Gasteiger partial charge in [0.05, 0.1) is 29.4 Å². The smallest absolute Gasteiger partial charge is 0.252 e. The number of aryl methyl sites for hydroxylation is 3. The largest absolute Gasteiger partial charge is 0.456 e. The highest BCUT2D eigenvalue weighted by atomic mass is 19.1. The topological polar surface area (TPSA) is 94.2 Å². The Balaban J connectivity index is 1.70. The lowest BCUT2D eigenvalue weighted by atomic mass is 9.93. The second-order valence-electron chi connectivity index (χ2n) is 10.4. The summed E-state index contributed by atoms with van der Waals surface area (Å²) in [5, 5.41) is 22.4. The summed E-state index contributed by atoms with van der Waals surface area (Å²) in [6.07, 6.45) is 1.83. The number of rotatable bonds is 6. The predicted molar refractivity (Wildman–Crippen MR) is 142 cm³/mol. The zero-order valence-corrected chi connectivity index (χ0v) is 22.5. The molecule has 2 N–H and O–H groups in total. The van der Waals surface area contributed by atoms with Gasteiger partial charge < -0.3 is 24.3 Å². The van der Waals surface area contributed by atoms with Crippen molar-refractivity contribution in [1.29, 1.82) is 0 Å². The molecule has 0 spiro atoms. The fraction of sp³-hybridized carbons (Fsp3) is 0.345. The average molecular weight is 518 g/mol. The highest BCUT2D eigenvalue weighted by Gasteiger charge is 2.33. The number of hydrogen-bond acceptors (Lipinski definition) is 5. The Morgan fingerprint density at radius 1 is 1.16 bits per heavy atom. The van der Waals surface area contributed by atoms with Crippen LogP contribution in [0.15, 0.2) is 42.6 Å². The molecule has 0 saturated heterocycles. The van der Waals surface area contributed by atoms with Gasteiger partial charge in [-0.05, 0) is 88.6 Å². The molecule has 3 heterocycles. The van der Waals surface area contributed by atoms with Gasteiger partial charge in [-0.25, -0.2) is 4.39 Å². The summed E-state index contributed by atoms with van der Waals surface area (Å²) in [5.41, 5.74) is 3.08. The first-order chi connectivity index (χ1) is 18.0. The van der Waals surface area contributed by atoms with E-state index in [-0.39, 0.29) is 17.8 Å². The Morgan fingerprint density at radius 2 is 1.87 bits per heavy atom. The SMILES string of the molecule is CCNC(=O)c1cc2n(c1)C(c1cc(C(C)(C)O)ccc1Oc1c(C)cc(F)cc1C)Cn1c(C)nnc1-2. The van der Waals surface area contributed by atoms with Gasteiger partial charge in [-0.2, -0.15) is 0 Å². The highest BCUT2D eigenvalue weighted by Crippen LogP contribution is 2.42. The number of amides is 1. The molecule has 9 heteroatoms. The van der Waals surface area contributed by atoms with E-state index in [0.29, 0.717) is 47.1 Å². The van der Waals surface area contributed by atoms with Crippen molar-refractivity contribution in [3.8, 4) is 23.0 Å². The summed E-state index contributed by atoms with van der Waals surface area (Å²) >= 11 is 0. The van der Waals surface area contributed by atoms with Gasteiger partial charge in [-0.3, -0.25) is 4.79 Å². The van der Waals surface area contributed by atoms with Gasteiger partial charge in [0.15, 0.2) is 5.82 Å². The minimum absolute atomic E-state index is 0.171. The van der Waals surface area contributed by atoms with Gasteiger partial charge in [-0.15, -0.1) is 10.2 Å². The molecule has 1 aliphatic rings. The van der Waals surface area contributed by atoms with Crippen LogP contribution in [0.5, 0.6) is 11.5 Å². The highest BCUT2D eigenvalue weighted by molar-refractivity contribution is 5.95. The fourth-order valence-corrected chi connectivity index (χ4v) is 5.05. The summed E-state index contributed by atoms with van der Waals surface area (Å²) in [6.45, 7) is 11.9. The molecule has 1 aliphatic heterocycles. The molecule has 0 bridgehead atoms. The number of benzene rings is 2. The average Bonchev–Trinajstić information content (AvgIpc) is 3.44. The number of carbonyl (C=O) groups excluding carboxylic acids is 1. The summed E-state index contributed by atoms with van der Waals surface area (Å²) < 4.78 is 24.5. The number of nitrogens with zero attached hydrogens (tertiary/aromatic N) is 4. The molecule has 8 nitrogen and oxygen atoms in total. The van der Waals surface area contributed by atoms with Gasteiger partial charge in [0.1, 0.15) is 23.1 Å². The molecule has 198 valence electrons. The second-order valence-corrected chi connectivity index (χ2v) is 10.4. The molecule has 0 fully saturated rings. The maximum atomic E-state index is 14.0. The molecular formula is C29H32FN5O3. The van der Waals surface area contributed by atoms with Gasteiger partial charge in [0.2, 0.25) is 0 Å². The van der Waals surface area contributed by atoms with Crippen LogP contribution in [0.4, 0.5) is 4.39 Å². The first-order valence-electron chi connectivity index (χ1n) is 12.7. The molecule has 1 amide bonds. The number of ether oxygens (including phenoxy) is 1. The molecule has 0 radical (unpaired) electrons. The molecule has 2 aromatic carbocycles. The van der Waals surface area contributed by atoms with E-state index in [1.54, 1.807) is 13.8 Å². The Bertz CT molecular complexity index is 1520. The maximum Gasteiger partial charge on any atom is 0.252 e. The van der Waals surface area contributed by atoms with E-state index in [4.69, 9.17) is 4.74 Å². The van der Waals surface area contributed by atoms with Crippen molar-refractivity contribution in [2.24, 2.45) is 0 Å². The summed E-state index contributed by atoms with van der Waals surface area (Å²) in [7, 11) is 0. The van der Waals surface area contributed by atoms with Crippen molar-refractivity contribution in [3.63, 3.8) is 0 Å². The molecule has 38 heavy (non-hydrogen) atoms. The van der Waals surface area contributed by atoms with Gasteiger partial charge in [0, 0.05) is 18.3 Å². The number of halogens is 1. The maximum absolute atomic E-state index is 14.0. The van der Waals surface area contributed by atoms with Crippen LogP contribution in [0.2, 0.25) is 0 Å². The van der Waals surface area contributed by atoms with Crippen molar-refractivity contribution < 1.29 is 19.0 Å². The molecule has 1 atom stereocenters. The van der Waals surface area contributed by atoms with Crippen LogP contribution in [-0.4, -0.2) is 36.9 Å². The van der Waals surface area contributed by atoms with Crippen LogP contribution in [0.3, 0.4) is 0 Å². The van der Waals surface area contributed by atoms with Gasteiger partial charge >= 0.3 is 0 Å². The van der Waals surface area contributed by atoms with E-state index in [1.165, 1.54) is 12.1 Å². The van der Waals surface area contributed by atoms with Gasteiger partial charge in [0.25, 0.3) is 5.91 Å². The number of nitrogens with one attached hydrogen (secondary N) is 1. The third-order valence-electron chi connectivity index (χ3n) is 7.02. The lowest BCUT2D eigenvalue weighted by Gasteiger charge is -2.31. The molecule has 1 unspecified atom stereocenters. The Morgan fingerprint density at radius 3 is 2.53 bits per heavy atom. The monoisotopic (exact) mass is 517 g/mol. The van der Waals surface area contributed by atoms with E-state index >= 15 is 0 Å². The molecule has 0 saturated carbocycles. The Kier molecular flexibility index (Phi) is 6.35. The Labute approximate surface area is 221 Å². The van der Waals surface area contributed by atoms with Crippen molar-refractivity contribution in [3.05, 3.63) is 82.1 Å². The normalized spacial score (nSPS) is 14.7. The second kappa shape index (κ2) is 9.40. The van der Waals surface area contributed by atoms with Crippen LogP contribution in [-0.2, 0) is 12.1 Å². The number of aromatic nitrogens is 4. The van der Waals surface area contributed by atoms with E-state index < -0.39 is 5.60 Å². The zero-order valence-electron chi connectivity index (χ0n) is 22.5. The van der Waals surface area contributed by atoms with Crippen LogP contribution < -0.4 is 10.1 Å². The lowest BCUT2D eigenvalue weighted by molar-refractivity contribution is 0.0784. The number of aliphatic hydroxyl groups is 1. The van der Waals surface area contributed by atoms with E-state index in [0.717, 1.165) is 22.6 Å². The van der Waals surface area contributed by atoms with Crippen LogP contribution in [0.25, 0.3) is 11.5 Å². The van der Waals surface area contributed by atoms with Crippen LogP contribution >= 0.6 is 0 Å². The third-order valence-corrected chi connectivity index (χ3v) is 7.02. The third kappa shape index (κ3) is 4.47. The van der Waals surface area contributed by atoms with Gasteiger partial charge in [-0.1, -0.05) is 6.07 Å². The first kappa shape index (κ1) is 25.7. The van der Waals surface area contributed by atoms with Crippen molar-refractivity contribution in [2.45, 2.75) is 59.7 Å². The predicted octanol–water partition coefficient (Wildman–Crippen LogP) is 5.18. The molecular weight excluding hydrogens is 485 g/mol. The fourth-order valence-electron chi connectivity index (χ4n) is 5.05. The van der Waals surface area contributed by atoms with E-state index in [1.807, 2.05) is 67.3 Å². The molecule has 4 aromatic rings. The minimum Gasteiger partial charge on any atom is -0.456 e. The van der Waals surface area contributed by atoms with Crippen molar-refractivity contribution in [2.75, 3.05) is 6.54 Å². The number of carbonyl (C=O) groups is 1. The lowest BCUT2D eigenvalue weighted by Crippen LogP contribution is -2.25. The van der Waals surface area contributed by atoms with Crippen LogP contribution in [0, 0.1) is 26.6 Å². The quantitative estimate of drug-likeness (QED) is 0.367. The number of hydrogen-bond donors (Lipinski definition) is 2. The summed E-state index contributed by atoms with van der Waals surface area (Å²) in [5.74, 6) is 2.10. The minimum atomic E-state index is -1.09. The number of fused-ring (bicyclic) bond motifs is 3. The van der Waals surface area contributed by atoms with Crippen molar-refractivity contribution in [1.82, 2.24) is 24.6 Å². The summed E-state index contributed by atoms with van der Waals surface area (Å²) in [4.78, 5) is 12.8. The van der Waals surface area contributed by atoms with E-state index in [9.17, 15) is 14.3 Å².